The Morgan fingerprint density at radius 1 is 1.31 bits per heavy atom. The molecular formula is C11H22O4S. The van der Waals surface area contributed by atoms with Crippen LogP contribution in [0.25, 0.3) is 0 Å². The van der Waals surface area contributed by atoms with Gasteiger partial charge in [-0.1, -0.05) is 13.8 Å². The van der Waals surface area contributed by atoms with Gasteiger partial charge < -0.3 is 4.74 Å². The van der Waals surface area contributed by atoms with Gasteiger partial charge in [0, 0.05) is 19.3 Å². The summed E-state index contributed by atoms with van der Waals surface area (Å²) in [5.74, 6) is 0.196. The minimum Gasteiger partial charge on any atom is -0.370 e. The lowest BCUT2D eigenvalue weighted by Gasteiger charge is -2.19. The van der Waals surface area contributed by atoms with Gasteiger partial charge in [-0.2, -0.15) is 0 Å². The van der Waals surface area contributed by atoms with Gasteiger partial charge in [-0.3, -0.25) is 4.79 Å². The minimum atomic E-state index is -2.97. The van der Waals surface area contributed by atoms with E-state index in [1.807, 2.05) is 20.8 Å². The SMILES string of the molecule is CCOC(C(=O)CCCS(C)(=O)=O)C(C)C. The smallest absolute Gasteiger partial charge is 0.161 e. The van der Waals surface area contributed by atoms with Crippen LogP contribution < -0.4 is 0 Å². The second-order valence-electron chi connectivity index (χ2n) is 4.32. The van der Waals surface area contributed by atoms with Gasteiger partial charge in [0.1, 0.15) is 15.9 Å². The molecule has 0 aliphatic rings. The standard InChI is InChI=1S/C11H22O4S/c1-5-15-11(9(2)3)10(12)7-6-8-16(4,13)14/h9,11H,5-8H2,1-4H3. The van der Waals surface area contributed by atoms with Crippen LogP contribution in [0.3, 0.4) is 0 Å². The van der Waals surface area contributed by atoms with Crippen molar-refractivity contribution in [1.29, 1.82) is 0 Å². The average molecular weight is 250 g/mol. The number of carbonyl (C=O) groups is 1. The number of ether oxygens (including phenoxy) is 1. The van der Waals surface area contributed by atoms with Crippen LogP contribution in [-0.4, -0.2) is 38.9 Å². The van der Waals surface area contributed by atoms with E-state index >= 15 is 0 Å². The second kappa shape index (κ2) is 7.01. The Labute approximate surface area is 98.3 Å². The zero-order valence-electron chi connectivity index (χ0n) is 10.5. The molecule has 0 bridgehead atoms. The van der Waals surface area contributed by atoms with Gasteiger partial charge in [0.05, 0.1) is 5.75 Å². The number of ketones is 1. The third-order valence-electron chi connectivity index (χ3n) is 2.21. The van der Waals surface area contributed by atoms with Crippen LogP contribution >= 0.6 is 0 Å². The van der Waals surface area contributed by atoms with Crippen molar-refractivity contribution in [2.24, 2.45) is 5.92 Å². The molecule has 1 unspecified atom stereocenters. The van der Waals surface area contributed by atoms with Crippen LogP contribution in [0, 0.1) is 5.92 Å². The lowest BCUT2D eigenvalue weighted by atomic mass is 10.00. The summed E-state index contributed by atoms with van der Waals surface area (Å²) in [6, 6.07) is 0. The molecule has 0 saturated heterocycles. The molecule has 5 heteroatoms. The Morgan fingerprint density at radius 2 is 1.88 bits per heavy atom. The molecule has 0 aromatic heterocycles. The van der Waals surface area contributed by atoms with Crippen LogP contribution in [-0.2, 0) is 19.4 Å². The number of hydrogen-bond acceptors (Lipinski definition) is 4. The molecule has 0 aliphatic heterocycles. The van der Waals surface area contributed by atoms with Crippen molar-refractivity contribution in [1.82, 2.24) is 0 Å². The van der Waals surface area contributed by atoms with E-state index < -0.39 is 15.9 Å². The highest BCUT2D eigenvalue weighted by atomic mass is 32.2. The van der Waals surface area contributed by atoms with Crippen LogP contribution in [0.5, 0.6) is 0 Å². The molecule has 16 heavy (non-hydrogen) atoms. The van der Waals surface area contributed by atoms with Crippen molar-refractivity contribution in [3.05, 3.63) is 0 Å². The van der Waals surface area contributed by atoms with Crippen LogP contribution in [0.4, 0.5) is 0 Å². The number of carbonyl (C=O) groups excluding carboxylic acids is 1. The largest absolute Gasteiger partial charge is 0.370 e. The monoisotopic (exact) mass is 250 g/mol. The summed E-state index contributed by atoms with van der Waals surface area (Å²) in [6.07, 6.45) is 1.44. The van der Waals surface area contributed by atoms with Gasteiger partial charge in [-0.05, 0) is 19.3 Å². The van der Waals surface area contributed by atoms with Crippen LogP contribution in [0.1, 0.15) is 33.6 Å². The fourth-order valence-electron chi connectivity index (χ4n) is 1.49. The molecule has 0 aromatic rings. The van der Waals surface area contributed by atoms with Gasteiger partial charge >= 0.3 is 0 Å². The summed E-state index contributed by atoms with van der Waals surface area (Å²) in [6.45, 7) is 6.20. The van der Waals surface area contributed by atoms with E-state index in [0.717, 1.165) is 0 Å². The molecule has 4 nitrogen and oxygen atoms in total. The lowest BCUT2D eigenvalue weighted by molar-refractivity contribution is -0.133. The predicted octanol–water partition coefficient (Wildman–Crippen LogP) is 1.44. The Bertz CT molecular complexity index is 306. The molecule has 0 amide bonds. The number of rotatable bonds is 8. The molecule has 96 valence electrons. The highest BCUT2D eigenvalue weighted by Crippen LogP contribution is 2.11. The Balaban J connectivity index is 4.11. The third kappa shape index (κ3) is 6.95. The summed E-state index contributed by atoms with van der Waals surface area (Å²) < 4.78 is 27.1. The van der Waals surface area contributed by atoms with Gasteiger partial charge in [-0.15, -0.1) is 0 Å². The first-order valence-electron chi connectivity index (χ1n) is 5.60. The van der Waals surface area contributed by atoms with Crippen molar-refractivity contribution < 1.29 is 17.9 Å². The van der Waals surface area contributed by atoms with E-state index in [4.69, 9.17) is 4.74 Å². The molecule has 1 atom stereocenters. The lowest BCUT2D eigenvalue weighted by Crippen LogP contribution is -2.30. The number of sulfone groups is 1. The first-order valence-corrected chi connectivity index (χ1v) is 7.66. The number of Topliss-reactive ketones (excluding diaryl/α,β-unsaturated/α-hetero) is 1. The summed E-state index contributed by atoms with van der Waals surface area (Å²) in [5.41, 5.74) is 0. The normalized spacial score (nSPS) is 14.1. The van der Waals surface area contributed by atoms with E-state index in [1.54, 1.807) is 0 Å². The molecule has 0 aliphatic carbocycles. The quantitative estimate of drug-likeness (QED) is 0.654. The summed E-state index contributed by atoms with van der Waals surface area (Å²) in [7, 11) is -2.97. The Morgan fingerprint density at radius 3 is 2.25 bits per heavy atom. The molecular weight excluding hydrogens is 228 g/mol. The van der Waals surface area contributed by atoms with E-state index in [2.05, 4.69) is 0 Å². The van der Waals surface area contributed by atoms with Gasteiger partial charge in [0.25, 0.3) is 0 Å². The molecule has 0 radical (unpaired) electrons. The molecule has 0 saturated carbocycles. The molecule has 0 aromatic carbocycles. The van der Waals surface area contributed by atoms with Gasteiger partial charge in [0.2, 0.25) is 0 Å². The van der Waals surface area contributed by atoms with E-state index in [1.165, 1.54) is 6.26 Å². The highest BCUT2D eigenvalue weighted by Gasteiger charge is 2.21. The second-order valence-corrected chi connectivity index (χ2v) is 6.58. The average Bonchev–Trinajstić information content (AvgIpc) is 2.11. The van der Waals surface area contributed by atoms with E-state index in [-0.39, 0.29) is 23.9 Å². The van der Waals surface area contributed by atoms with E-state index in [9.17, 15) is 13.2 Å². The first kappa shape index (κ1) is 15.6. The van der Waals surface area contributed by atoms with Gasteiger partial charge in [0.15, 0.2) is 5.78 Å². The summed E-state index contributed by atoms with van der Waals surface area (Å²) in [4.78, 5) is 11.7. The predicted molar refractivity (Wildman–Crippen MR) is 64.2 cm³/mol. The maximum Gasteiger partial charge on any atom is 0.161 e. The van der Waals surface area contributed by atoms with E-state index in [0.29, 0.717) is 13.0 Å². The van der Waals surface area contributed by atoms with Crippen molar-refractivity contribution in [2.75, 3.05) is 18.6 Å². The molecule has 0 spiro atoms. The topological polar surface area (TPSA) is 60.4 Å². The van der Waals surface area contributed by atoms with Crippen LogP contribution in [0.2, 0.25) is 0 Å². The van der Waals surface area contributed by atoms with Crippen molar-refractivity contribution in [2.45, 2.75) is 39.7 Å². The summed E-state index contributed by atoms with van der Waals surface area (Å²) >= 11 is 0. The Hall–Kier alpha value is -0.420. The molecule has 0 N–H and O–H groups in total. The minimum absolute atomic E-state index is 0.000463. The maximum atomic E-state index is 11.7. The zero-order valence-corrected chi connectivity index (χ0v) is 11.3. The molecule has 0 fully saturated rings. The summed E-state index contributed by atoms with van der Waals surface area (Å²) in [5, 5.41) is 0. The first-order chi connectivity index (χ1) is 7.28. The fourth-order valence-corrected chi connectivity index (χ4v) is 2.16. The van der Waals surface area contributed by atoms with Crippen molar-refractivity contribution in [3.63, 3.8) is 0 Å². The highest BCUT2D eigenvalue weighted by molar-refractivity contribution is 7.90. The molecule has 0 heterocycles. The number of hydrogen-bond donors (Lipinski definition) is 0. The maximum absolute atomic E-state index is 11.7. The zero-order chi connectivity index (χ0) is 12.8. The van der Waals surface area contributed by atoms with Gasteiger partial charge in [-0.25, -0.2) is 8.42 Å². The molecule has 0 rings (SSSR count). The van der Waals surface area contributed by atoms with Crippen molar-refractivity contribution in [3.8, 4) is 0 Å². The fraction of sp³-hybridized carbons (Fsp3) is 0.909. The Kier molecular flexibility index (Phi) is 6.83. The van der Waals surface area contributed by atoms with Crippen molar-refractivity contribution >= 4 is 15.6 Å². The van der Waals surface area contributed by atoms with Crippen LogP contribution in [0.15, 0.2) is 0 Å². The third-order valence-corrected chi connectivity index (χ3v) is 3.24.